The molecule has 2 rings (SSSR count). The molecule has 6 nitrogen and oxygen atoms in total. The molecular formula is C15H24N4O2. The molecule has 0 radical (unpaired) electrons. The van der Waals surface area contributed by atoms with Crippen LogP contribution in [0.2, 0.25) is 0 Å². The number of carbonyl (C=O) groups excluding carboxylic acids is 1. The van der Waals surface area contributed by atoms with E-state index in [0.29, 0.717) is 24.1 Å². The van der Waals surface area contributed by atoms with Crippen molar-refractivity contribution in [2.75, 3.05) is 20.1 Å². The van der Waals surface area contributed by atoms with Gasteiger partial charge in [-0.2, -0.15) is 0 Å². The lowest BCUT2D eigenvalue weighted by atomic mass is 9.92. The number of aliphatic imine (C=N–C) groups is 1. The molecule has 0 spiro atoms. The van der Waals surface area contributed by atoms with Crippen LogP contribution < -0.4 is 11.1 Å². The molecule has 6 heteroatoms. The zero-order valence-electron chi connectivity index (χ0n) is 12.9. The molecule has 2 heterocycles. The lowest BCUT2D eigenvalue weighted by Crippen LogP contribution is -2.48. The number of carbonyl (C=O) groups is 1. The fourth-order valence-electron chi connectivity index (χ4n) is 2.94. The molecule has 1 fully saturated rings. The fourth-order valence-corrected chi connectivity index (χ4v) is 2.94. The molecular weight excluding hydrogens is 268 g/mol. The SMILES string of the molecule is CN=C(NCc1ccc(C(N)=O)o1)N1CC(C)CC(C)C1. The first kappa shape index (κ1) is 15.4. The van der Waals surface area contributed by atoms with Crippen molar-refractivity contribution in [1.82, 2.24) is 10.2 Å². The van der Waals surface area contributed by atoms with Crippen molar-refractivity contribution < 1.29 is 9.21 Å². The van der Waals surface area contributed by atoms with E-state index in [2.05, 4.69) is 29.1 Å². The summed E-state index contributed by atoms with van der Waals surface area (Å²) < 4.78 is 5.36. The standard InChI is InChI=1S/C15H24N4O2/c1-10-6-11(2)9-19(8-10)15(17-3)18-7-12-4-5-13(21-12)14(16)20/h4-5,10-11H,6-9H2,1-3H3,(H2,16,20)(H,17,18). The maximum Gasteiger partial charge on any atom is 0.284 e. The molecule has 0 saturated carbocycles. The van der Waals surface area contributed by atoms with Gasteiger partial charge in [-0.3, -0.25) is 9.79 Å². The minimum absolute atomic E-state index is 0.182. The lowest BCUT2D eigenvalue weighted by Gasteiger charge is -2.37. The Bertz CT molecular complexity index is 513. The van der Waals surface area contributed by atoms with Crippen LogP contribution in [0, 0.1) is 11.8 Å². The minimum atomic E-state index is -0.552. The van der Waals surface area contributed by atoms with Crippen molar-refractivity contribution in [3.05, 3.63) is 23.7 Å². The normalized spacial score (nSPS) is 23.2. The molecule has 2 unspecified atom stereocenters. The van der Waals surface area contributed by atoms with Gasteiger partial charge >= 0.3 is 0 Å². The summed E-state index contributed by atoms with van der Waals surface area (Å²) in [6.45, 7) is 7.03. The number of piperidine rings is 1. The van der Waals surface area contributed by atoms with Gasteiger partial charge in [-0.05, 0) is 30.4 Å². The first-order valence-electron chi connectivity index (χ1n) is 7.33. The minimum Gasteiger partial charge on any atom is -0.454 e. The second-order valence-corrected chi connectivity index (χ2v) is 5.88. The van der Waals surface area contributed by atoms with E-state index >= 15 is 0 Å². The number of amides is 1. The highest BCUT2D eigenvalue weighted by molar-refractivity contribution is 5.89. The van der Waals surface area contributed by atoms with Crippen LogP contribution >= 0.6 is 0 Å². The molecule has 21 heavy (non-hydrogen) atoms. The highest BCUT2D eigenvalue weighted by Gasteiger charge is 2.24. The molecule has 3 N–H and O–H groups in total. The number of nitrogens with zero attached hydrogens (tertiary/aromatic N) is 2. The molecule has 0 aliphatic carbocycles. The zero-order chi connectivity index (χ0) is 15.4. The van der Waals surface area contributed by atoms with E-state index in [1.807, 2.05) is 0 Å². The summed E-state index contributed by atoms with van der Waals surface area (Å²) in [5.74, 6) is 2.49. The molecule has 0 bridgehead atoms. The smallest absolute Gasteiger partial charge is 0.284 e. The van der Waals surface area contributed by atoms with Gasteiger partial charge in [-0.1, -0.05) is 13.8 Å². The van der Waals surface area contributed by atoms with Crippen molar-refractivity contribution in [2.24, 2.45) is 22.6 Å². The molecule has 0 aromatic carbocycles. The number of hydrogen-bond acceptors (Lipinski definition) is 3. The van der Waals surface area contributed by atoms with E-state index in [1.54, 1.807) is 19.2 Å². The Morgan fingerprint density at radius 2 is 2.10 bits per heavy atom. The van der Waals surface area contributed by atoms with Gasteiger partial charge in [0.25, 0.3) is 5.91 Å². The van der Waals surface area contributed by atoms with Gasteiger partial charge in [0, 0.05) is 20.1 Å². The van der Waals surface area contributed by atoms with Crippen LogP contribution in [0.5, 0.6) is 0 Å². The van der Waals surface area contributed by atoms with Gasteiger partial charge in [0.1, 0.15) is 5.76 Å². The van der Waals surface area contributed by atoms with E-state index in [1.165, 1.54) is 6.42 Å². The summed E-state index contributed by atoms with van der Waals surface area (Å²) in [6, 6.07) is 3.34. The van der Waals surface area contributed by atoms with E-state index in [-0.39, 0.29) is 5.76 Å². The molecule has 1 saturated heterocycles. The predicted molar refractivity (Wildman–Crippen MR) is 81.9 cm³/mol. The maximum atomic E-state index is 11.0. The first-order chi connectivity index (χ1) is 9.99. The van der Waals surface area contributed by atoms with Crippen molar-refractivity contribution in [3.8, 4) is 0 Å². The molecule has 2 atom stereocenters. The Kier molecular flexibility index (Phi) is 4.88. The topological polar surface area (TPSA) is 83.9 Å². The Morgan fingerprint density at radius 1 is 1.43 bits per heavy atom. The second-order valence-electron chi connectivity index (χ2n) is 5.88. The van der Waals surface area contributed by atoms with Crippen LogP contribution in [0.15, 0.2) is 21.5 Å². The monoisotopic (exact) mass is 292 g/mol. The Labute approximate surface area is 125 Å². The molecule has 1 amide bonds. The van der Waals surface area contributed by atoms with Crippen LogP contribution in [0.1, 0.15) is 36.6 Å². The lowest BCUT2D eigenvalue weighted by molar-refractivity contribution is 0.0972. The van der Waals surface area contributed by atoms with Crippen LogP contribution in [0.25, 0.3) is 0 Å². The quantitative estimate of drug-likeness (QED) is 0.652. The molecule has 116 valence electrons. The zero-order valence-corrected chi connectivity index (χ0v) is 12.9. The Hall–Kier alpha value is -1.98. The molecule has 1 aliphatic heterocycles. The number of furan rings is 1. The predicted octanol–water partition coefficient (Wildman–Crippen LogP) is 1.43. The largest absolute Gasteiger partial charge is 0.454 e. The van der Waals surface area contributed by atoms with Crippen LogP contribution in [-0.4, -0.2) is 36.9 Å². The van der Waals surface area contributed by atoms with Gasteiger partial charge in [-0.15, -0.1) is 0 Å². The highest BCUT2D eigenvalue weighted by Crippen LogP contribution is 2.21. The van der Waals surface area contributed by atoms with Crippen LogP contribution in [-0.2, 0) is 6.54 Å². The second kappa shape index (κ2) is 6.65. The number of guanidine groups is 1. The van der Waals surface area contributed by atoms with Crippen molar-refractivity contribution in [2.45, 2.75) is 26.8 Å². The number of likely N-dealkylation sites (tertiary alicyclic amines) is 1. The van der Waals surface area contributed by atoms with Gasteiger partial charge in [0.2, 0.25) is 0 Å². The average molecular weight is 292 g/mol. The number of rotatable bonds is 3. The summed E-state index contributed by atoms with van der Waals surface area (Å²) in [4.78, 5) is 17.6. The number of nitrogens with one attached hydrogen (secondary N) is 1. The van der Waals surface area contributed by atoms with Crippen molar-refractivity contribution in [1.29, 1.82) is 0 Å². The number of primary amides is 1. The summed E-state index contributed by atoms with van der Waals surface area (Å²) in [5.41, 5.74) is 5.17. The van der Waals surface area contributed by atoms with Gasteiger partial charge < -0.3 is 20.4 Å². The van der Waals surface area contributed by atoms with E-state index in [4.69, 9.17) is 10.2 Å². The summed E-state index contributed by atoms with van der Waals surface area (Å²) >= 11 is 0. The van der Waals surface area contributed by atoms with Crippen molar-refractivity contribution >= 4 is 11.9 Å². The molecule has 1 aromatic heterocycles. The van der Waals surface area contributed by atoms with Crippen LogP contribution in [0.3, 0.4) is 0 Å². The van der Waals surface area contributed by atoms with Gasteiger partial charge in [0.05, 0.1) is 6.54 Å². The van der Waals surface area contributed by atoms with Crippen molar-refractivity contribution in [3.63, 3.8) is 0 Å². The van der Waals surface area contributed by atoms with E-state index in [0.717, 1.165) is 19.0 Å². The third kappa shape index (κ3) is 4.00. The van der Waals surface area contributed by atoms with E-state index in [9.17, 15) is 4.79 Å². The average Bonchev–Trinajstić information content (AvgIpc) is 2.87. The summed E-state index contributed by atoms with van der Waals surface area (Å²) in [6.07, 6.45) is 1.26. The number of hydrogen-bond donors (Lipinski definition) is 2. The Balaban J connectivity index is 1.94. The van der Waals surface area contributed by atoms with Gasteiger partial charge in [-0.25, -0.2) is 0 Å². The Morgan fingerprint density at radius 3 is 2.62 bits per heavy atom. The number of nitrogens with two attached hydrogens (primary N) is 1. The summed E-state index contributed by atoms with van der Waals surface area (Å²) in [5, 5.41) is 3.28. The molecule has 1 aromatic rings. The first-order valence-corrected chi connectivity index (χ1v) is 7.33. The van der Waals surface area contributed by atoms with E-state index < -0.39 is 5.91 Å². The summed E-state index contributed by atoms with van der Waals surface area (Å²) in [7, 11) is 1.78. The van der Waals surface area contributed by atoms with Crippen LogP contribution in [0.4, 0.5) is 0 Å². The fraction of sp³-hybridized carbons (Fsp3) is 0.600. The van der Waals surface area contributed by atoms with Gasteiger partial charge in [0.15, 0.2) is 11.7 Å². The molecule has 1 aliphatic rings. The highest BCUT2D eigenvalue weighted by atomic mass is 16.3. The third-order valence-corrected chi connectivity index (χ3v) is 3.71. The third-order valence-electron chi connectivity index (χ3n) is 3.71. The maximum absolute atomic E-state index is 11.0.